The molecule has 0 radical (unpaired) electrons. The molecular weight excluding hydrogens is 216 g/mol. The molecule has 0 aliphatic heterocycles. The van der Waals surface area contributed by atoms with E-state index in [1.54, 1.807) is 0 Å². The van der Waals surface area contributed by atoms with Gasteiger partial charge < -0.3 is 0 Å². The highest BCUT2D eigenvalue weighted by molar-refractivity contribution is 5.44. The van der Waals surface area contributed by atoms with Crippen molar-refractivity contribution >= 4 is 0 Å². The quantitative estimate of drug-likeness (QED) is 0.648. The van der Waals surface area contributed by atoms with Crippen molar-refractivity contribution in [3.63, 3.8) is 0 Å². The molecule has 0 aromatic heterocycles. The Balaban J connectivity index is 1.80. The van der Waals surface area contributed by atoms with E-state index in [0.29, 0.717) is 5.41 Å². The summed E-state index contributed by atoms with van der Waals surface area (Å²) in [7, 11) is 0. The second-order valence-corrected chi connectivity index (χ2v) is 5.25. The minimum Gasteiger partial charge on any atom is -0.0622 e. The van der Waals surface area contributed by atoms with E-state index in [2.05, 4.69) is 43.0 Å². The van der Waals surface area contributed by atoms with Gasteiger partial charge in [-0.1, -0.05) is 49.1 Å². The maximum Gasteiger partial charge on any atom is 0.0249 e. The molecule has 1 saturated carbocycles. The Morgan fingerprint density at radius 3 is 1.89 bits per heavy atom. The zero-order chi connectivity index (χ0) is 12.4. The Labute approximate surface area is 109 Å². The van der Waals surface area contributed by atoms with E-state index in [0.717, 1.165) is 11.1 Å². The summed E-state index contributed by atoms with van der Waals surface area (Å²) in [6.45, 7) is 2.33. The summed E-state index contributed by atoms with van der Waals surface area (Å²) in [5, 5.41) is 0. The fraction of sp³-hybridized carbons (Fsp3) is 0.222. The topological polar surface area (TPSA) is 0 Å². The molecule has 0 atom stereocenters. The van der Waals surface area contributed by atoms with Crippen LogP contribution in [-0.4, -0.2) is 0 Å². The number of hydrogen-bond acceptors (Lipinski definition) is 0. The van der Waals surface area contributed by atoms with Gasteiger partial charge >= 0.3 is 0 Å². The molecule has 0 saturated heterocycles. The monoisotopic (exact) mass is 232 g/mol. The van der Waals surface area contributed by atoms with E-state index < -0.39 is 0 Å². The molecule has 2 aromatic carbocycles. The van der Waals surface area contributed by atoms with Gasteiger partial charge in [-0.2, -0.15) is 0 Å². The molecule has 18 heavy (non-hydrogen) atoms. The highest BCUT2D eigenvalue weighted by Crippen LogP contribution is 2.47. The molecule has 0 nitrogen and oxygen atoms in total. The Bertz CT molecular complexity index is 590. The van der Waals surface area contributed by atoms with Crippen LogP contribution in [0.1, 0.15) is 36.5 Å². The van der Waals surface area contributed by atoms with Crippen molar-refractivity contribution in [2.24, 2.45) is 0 Å². The van der Waals surface area contributed by atoms with Crippen LogP contribution >= 0.6 is 0 Å². The van der Waals surface area contributed by atoms with Gasteiger partial charge in [0.2, 0.25) is 0 Å². The molecule has 3 rings (SSSR count). The third-order valence-corrected chi connectivity index (χ3v) is 3.71. The lowest BCUT2D eigenvalue weighted by molar-refractivity contribution is 0.788. The van der Waals surface area contributed by atoms with Crippen molar-refractivity contribution in [1.29, 1.82) is 0 Å². The molecule has 1 aliphatic rings. The molecule has 0 heteroatoms. The molecular formula is C18H16. The van der Waals surface area contributed by atoms with Crippen LogP contribution in [0, 0.1) is 11.8 Å². The molecule has 0 amide bonds. The number of hydrogen-bond donors (Lipinski definition) is 0. The average molecular weight is 232 g/mol. The first-order chi connectivity index (χ1) is 8.76. The fourth-order valence-corrected chi connectivity index (χ4v) is 2.10. The van der Waals surface area contributed by atoms with Gasteiger partial charge in [-0.05, 0) is 48.1 Å². The standard InChI is InChI=1S/C18H16/c1-18(13-14-18)17-11-9-16(10-12-17)8-7-15-5-3-2-4-6-15/h2-6,9-12H,13-14H2,1H3. The van der Waals surface area contributed by atoms with Crippen LogP contribution in [0.5, 0.6) is 0 Å². The van der Waals surface area contributed by atoms with Crippen molar-refractivity contribution < 1.29 is 0 Å². The van der Waals surface area contributed by atoms with E-state index in [4.69, 9.17) is 0 Å². The van der Waals surface area contributed by atoms with E-state index in [1.165, 1.54) is 18.4 Å². The van der Waals surface area contributed by atoms with Crippen LogP contribution in [0.25, 0.3) is 0 Å². The highest BCUT2D eigenvalue weighted by Gasteiger charge is 2.38. The normalized spacial score (nSPS) is 15.6. The molecule has 0 spiro atoms. The van der Waals surface area contributed by atoms with Crippen LogP contribution in [-0.2, 0) is 5.41 Å². The van der Waals surface area contributed by atoms with Crippen molar-refractivity contribution in [3.05, 3.63) is 71.3 Å². The van der Waals surface area contributed by atoms with Gasteiger partial charge in [0.25, 0.3) is 0 Å². The predicted octanol–water partition coefficient (Wildman–Crippen LogP) is 4.14. The molecule has 0 unspecified atom stereocenters. The van der Waals surface area contributed by atoms with Gasteiger partial charge in [0.1, 0.15) is 0 Å². The first kappa shape index (κ1) is 11.1. The minimum atomic E-state index is 0.450. The average Bonchev–Trinajstić information content (AvgIpc) is 3.17. The second kappa shape index (κ2) is 4.35. The molecule has 0 bridgehead atoms. The number of benzene rings is 2. The van der Waals surface area contributed by atoms with Crippen LogP contribution in [0.15, 0.2) is 54.6 Å². The lowest BCUT2D eigenvalue weighted by Crippen LogP contribution is -1.98. The SMILES string of the molecule is CC1(c2ccc(C#Cc3ccccc3)cc2)CC1. The van der Waals surface area contributed by atoms with Gasteiger partial charge in [-0.3, -0.25) is 0 Å². The van der Waals surface area contributed by atoms with Crippen LogP contribution in [0.4, 0.5) is 0 Å². The summed E-state index contributed by atoms with van der Waals surface area (Å²) in [6.07, 6.45) is 2.64. The summed E-state index contributed by atoms with van der Waals surface area (Å²) in [4.78, 5) is 0. The molecule has 0 N–H and O–H groups in total. The summed E-state index contributed by atoms with van der Waals surface area (Å²) in [6, 6.07) is 18.8. The van der Waals surface area contributed by atoms with E-state index >= 15 is 0 Å². The molecule has 1 aliphatic carbocycles. The number of rotatable bonds is 1. The minimum absolute atomic E-state index is 0.450. The first-order valence-corrected chi connectivity index (χ1v) is 6.44. The molecule has 1 fully saturated rings. The van der Waals surface area contributed by atoms with Gasteiger partial charge in [-0.25, -0.2) is 0 Å². The Morgan fingerprint density at radius 1 is 0.778 bits per heavy atom. The summed E-state index contributed by atoms with van der Waals surface area (Å²) >= 11 is 0. The summed E-state index contributed by atoms with van der Waals surface area (Å²) in [5.74, 6) is 6.39. The molecule has 0 heterocycles. The third-order valence-electron chi connectivity index (χ3n) is 3.71. The predicted molar refractivity (Wildman–Crippen MR) is 75.5 cm³/mol. The van der Waals surface area contributed by atoms with Crippen molar-refractivity contribution in [3.8, 4) is 11.8 Å². The summed E-state index contributed by atoms with van der Waals surface area (Å²) < 4.78 is 0. The second-order valence-electron chi connectivity index (χ2n) is 5.25. The van der Waals surface area contributed by atoms with Gasteiger partial charge in [0.15, 0.2) is 0 Å². The zero-order valence-electron chi connectivity index (χ0n) is 10.6. The van der Waals surface area contributed by atoms with E-state index in [-0.39, 0.29) is 0 Å². The first-order valence-electron chi connectivity index (χ1n) is 6.44. The Morgan fingerprint density at radius 2 is 1.33 bits per heavy atom. The van der Waals surface area contributed by atoms with E-state index in [9.17, 15) is 0 Å². The van der Waals surface area contributed by atoms with Crippen LogP contribution in [0.2, 0.25) is 0 Å². The highest BCUT2D eigenvalue weighted by atomic mass is 14.4. The zero-order valence-corrected chi connectivity index (χ0v) is 10.6. The largest absolute Gasteiger partial charge is 0.0622 e. The van der Waals surface area contributed by atoms with Crippen LogP contribution in [0.3, 0.4) is 0 Å². The lowest BCUT2D eigenvalue weighted by Gasteiger charge is -2.07. The Hall–Kier alpha value is -2.00. The third kappa shape index (κ3) is 2.31. The maximum absolute atomic E-state index is 3.21. The van der Waals surface area contributed by atoms with E-state index in [1.807, 2.05) is 30.3 Å². The van der Waals surface area contributed by atoms with Crippen molar-refractivity contribution in [2.45, 2.75) is 25.2 Å². The molecule has 2 aromatic rings. The van der Waals surface area contributed by atoms with Crippen molar-refractivity contribution in [1.82, 2.24) is 0 Å². The van der Waals surface area contributed by atoms with Gasteiger partial charge in [-0.15, -0.1) is 0 Å². The molecule has 88 valence electrons. The smallest absolute Gasteiger partial charge is 0.0249 e. The fourth-order valence-electron chi connectivity index (χ4n) is 2.10. The lowest BCUT2D eigenvalue weighted by atomic mass is 9.97. The van der Waals surface area contributed by atoms with Crippen LogP contribution < -0.4 is 0 Å². The maximum atomic E-state index is 3.21. The summed E-state index contributed by atoms with van der Waals surface area (Å²) in [5.41, 5.74) is 4.06. The van der Waals surface area contributed by atoms with Gasteiger partial charge in [0, 0.05) is 11.1 Å². The van der Waals surface area contributed by atoms with Gasteiger partial charge in [0.05, 0.1) is 0 Å². The van der Waals surface area contributed by atoms with Crippen molar-refractivity contribution in [2.75, 3.05) is 0 Å². The Kier molecular flexibility index (Phi) is 2.68.